The second-order valence-corrected chi connectivity index (χ2v) is 4.65. The Kier molecular flexibility index (Phi) is 3.70. The van der Waals surface area contributed by atoms with Crippen LogP contribution in [0.15, 0.2) is 18.2 Å². The summed E-state index contributed by atoms with van der Waals surface area (Å²) in [7, 11) is 0. The summed E-state index contributed by atoms with van der Waals surface area (Å²) >= 11 is 5.68. The fourth-order valence-corrected chi connectivity index (χ4v) is 2.12. The van der Waals surface area contributed by atoms with E-state index >= 15 is 0 Å². The van der Waals surface area contributed by atoms with Crippen LogP contribution in [-0.4, -0.2) is 33.4 Å². The molecular weight excluding hydrogens is 262 g/mol. The topological polar surface area (TPSA) is 92.8 Å². The van der Waals surface area contributed by atoms with Crippen LogP contribution < -0.4 is 4.74 Å². The minimum absolute atomic E-state index is 0.0932. The molecule has 0 aliphatic heterocycles. The lowest BCUT2D eigenvalue weighted by molar-refractivity contribution is -0.386. The van der Waals surface area contributed by atoms with Gasteiger partial charge < -0.3 is 14.9 Å². The van der Waals surface area contributed by atoms with Gasteiger partial charge in [-0.15, -0.1) is 0 Å². The number of nitro groups is 1. The van der Waals surface area contributed by atoms with Gasteiger partial charge in [-0.1, -0.05) is 11.6 Å². The normalized spacial score (nSPS) is 27.2. The highest BCUT2D eigenvalue weighted by Crippen LogP contribution is 2.33. The van der Waals surface area contributed by atoms with Crippen molar-refractivity contribution in [1.29, 1.82) is 0 Å². The van der Waals surface area contributed by atoms with E-state index in [1.165, 1.54) is 18.2 Å². The average Bonchev–Trinajstić information content (AvgIpc) is 2.60. The summed E-state index contributed by atoms with van der Waals surface area (Å²) in [4.78, 5) is 10.3. The van der Waals surface area contributed by atoms with Crippen LogP contribution in [-0.2, 0) is 0 Å². The number of benzene rings is 1. The molecule has 0 saturated heterocycles. The van der Waals surface area contributed by atoms with E-state index in [1.54, 1.807) is 0 Å². The van der Waals surface area contributed by atoms with Crippen LogP contribution >= 0.6 is 11.6 Å². The predicted octanol–water partition coefficient (Wildman–Crippen LogP) is 1.51. The lowest BCUT2D eigenvalue weighted by Crippen LogP contribution is -2.17. The maximum atomic E-state index is 10.8. The summed E-state index contributed by atoms with van der Waals surface area (Å²) in [5.41, 5.74) is -0.224. The van der Waals surface area contributed by atoms with Gasteiger partial charge in [0.1, 0.15) is 6.10 Å². The van der Waals surface area contributed by atoms with Gasteiger partial charge in [0.25, 0.3) is 0 Å². The number of ether oxygens (including phenoxy) is 1. The minimum Gasteiger partial charge on any atom is -0.483 e. The van der Waals surface area contributed by atoms with Crippen molar-refractivity contribution in [3.63, 3.8) is 0 Å². The van der Waals surface area contributed by atoms with Gasteiger partial charge in [0.15, 0.2) is 5.75 Å². The van der Waals surface area contributed by atoms with Crippen molar-refractivity contribution in [2.75, 3.05) is 0 Å². The third-order valence-corrected chi connectivity index (χ3v) is 3.10. The standard InChI is InChI=1S/C11H12ClNO5/c12-6-1-2-11(8(3-6)13(16)17)18-7-4-9(14)10(15)5-7/h1-3,7,9-10,14-15H,4-5H2/t7?,9-,10+. The molecule has 6 nitrogen and oxygen atoms in total. The highest BCUT2D eigenvalue weighted by Gasteiger charge is 2.34. The summed E-state index contributed by atoms with van der Waals surface area (Å²) in [6.07, 6.45) is -1.63. The van der Waals surface area contributed by atoms with Crippen LogP contribution in [0.25, 0.3) is 0 Å². The fourth-order valence-electron chi connectivity index (χ4n) is 1.96. The zero-order valence-corrected chi connectivity index (χ0v) is 10.1. The maximum Gasteiger partial charge on any atom is 0.312 e. The molecule has 0 aromatic heterocycles. The van der Waals surface area contributed by atoms with Crippen LogP contribution in [0.5, 0.6) is 5.75 Å². The molecule has 7 heteroatoms. The molecule has 1 fully saturated rings. The maximum absolute atomic E-state index is 10.8. The number of hydrogen-bond acceptors (Lipinski definition) is 5. The Hall–Kier alpha value is -1.37. The van der Waals surface area contributed by atoms with Crippen molar-refractivity contribution >= 4 is 17.3 Å². The van der Waals surface area contributed by atoms with Crippen LogP contribution in [0.2, 0.25) is 5.02 Å². The molecular formula is C11H12ClNO5. The number of aliphatic hydroxyl groups excluding tert-OH is 2. The summed E-state index contributed by atoms with van der Waals surface area (Å²) in [5, 5.41) is 29.9. The van der Waals surface area contributed by atoms with Gasteiger partial charge in [-0.3, -0.25) is 10.1 Å². The molecule has 1 saturated carbocycles. The Morgan fingerprint density at radius 1 is 1.33 bits per heavy atom. The number of nitro benzene ring substituents is 1. The Bertz CT molecular complexity index is 457. The Morgan fingerprint density at radius 2 is 1.94 bits per heavy atom. The zero-order chi connectivity index (χ0) is 13.3. The SMILES string of the molecule is O=[N+]([O-])c1cc(Cl)ccc1OC1C[C@@H](O)[C@@H](O)C1. The molecule has 1 unspecified atom stereocenters. The van der Waals surface area contributed by atoms with E-state index in [-0.39, 0.29) is 29.3 Å². The van der Waals surface area contributed by atoms with E-state index < -0.39 is 23.2 Å². The minimum atomic E-state index is -0.846. The van der Waals surface area contributed by atoms with Crippen molar-refractivity contribution in [2.45, 2.75) is 31.2 Å². The first-order valence-electron chi connectivity index (χ1n) is 5.44. The highest BCUT2D eigenvalue weighted by molar-refractivity contribution is 6.30. The monoisotopic (exact) mass is 273 g/mol. The Morgan fingerprint density at radius 3 is 2.50 bits per heavy atom. The Balaban J connectivity index is 2.17. The third-order valence-electron chi connectivity index (χ3n) is 2.86. The van der Waals surface area contributed by atoms with Crippen LogP contribution in [0, 0.1) is 10.1 Å². The van der Waals surface area contributed by atoms with E-state index in [0.29, 0.717) is 0 Å². The molecule has 1 aliphatic carbocycles. The third kappa shape index (κ3) is 2.72. The molecule has 1 aliphatic rings. The molecule has 3 atom stereocenters. The first kappa shape index (κ1) is 13.1. The summed E-state index contributed by atoms with van der Waals surface area (Å²) in [5.74, 6) is 0.0932. The van der Waals surface area contributed by atoms with Crippen molar-refractivity contribution in [3.05, 3.63) is 33.3 Å². The summed E-state index contributed by atoms with van der Waals surface area (Å²) in [6, 6.07) is 4.11. The molecule has 0 radical (unpaired) electrons. The molecule has 18 heavy (non-hydrogen) atoms. The van der Waals surface area contributed by atoms with E-state index in [4.69, 9.17) is 16.3 Å². The van der Waals surface area contributed by atoms with Crippen LogP contribution in [0.1, 0.15) is 12.8 Å². The zero-order valence-electron chi connectivity index (χ0n) is 9.32. The van der Waals surface area contributed by atoms with Gasteiger partial charge in [0.05, 0.1) is 17.1 Å². The Labute approximate surface area is 108 Å². The second kappa shape index (κ2) is 5.09. The quantitative estimate of drug-likeness (QED) is 0.643. The van der Waals surface area contributed by atoms with Gasteiger partial charge in [-0.2, -0.15) is 0 Å². The molecule has 0 heterocycles. The van der Waals surface area contributed by atoms with Crippen molar-refractivity contribution < 1.29 is 19.9 Å². The molecule has 0 bridgehead atoms. The summed E-state index contributed by atoms with van der Waals surface area (Å²) in [6.45, 7) is 0. The van der Waals surface area contributed by atoms with Crippen LogP contribution in [0.4, 0.5) is 5.69 Å². The number of hydrogen-bond donors (Lipinski definition) is 2. The first-order chi connectivity index (χ1) is 8.47. The van der Waals surface area contributed by atoms with E-state index in [1.807, 2.05) is 0 Å². The van der Waals surface area contributed by atoms with Crippen molar-refractivity contribution in [2.24, 2.45) is 0 Å². The average molecular weight is 274 g/mol. The van der Waals surface area contributed by atoms with Gasteiger partial charge in [-0.25, -0.2) is 0 Å². The van der Waals surface area contributed by atoms with Gasteiger partial charge >= 0.3 is 5.69 Å². The van der Waals surface area contributed by atoms with Gasteiger partial charge in [0.2, 0.25) is 0 Å². The lowest BCUT2D eigenvalue weighted by atomic mass is 10.2. The van der Waals surface area contributed by atoms with E-state index in [2.05, 4.69) is 0 Å². The largest absolute Gasteiger partial charge is 0.483 e. The molecule has 0 amide bonds. The number of aliphatic hydroxyl groups is 2. The van der Waals surface area contributed by atoms with Crippen LogP contribution in [0.3, 0.4) is 0 Å². The van der Waals surface area contributed by atoms with Gasteiger partial charge in [0, 0.05) is 23.9 Å². The number of halogens is 1. The molecule has 1 aromatic carbocycles. The van der Waals surface area contributed by atoms with Gasteiger partial charge in [-0.05, 0) is 12.1 Å². The molecule has 0 spiro atoms. The van der Waals surface area contributed by atoms with Crippen molar-refractivity contribution in [1.82, 2.24) is 0 Å². The van der Waals surface area contributed by atoms with E-state index in [9.17, 15) is 20.3 Å². The fraction of sp³-hybridized carbons (Fsp3) is 0.455. The number of rotatable bonds is 3. The summed E-state index contributed by atoms with van der Waals surface area (Å²) < 4.78 is 5.44. The number of nitrogens with zero attached hydrogens (tertiary/aromatic N) is 1. The molecule has 2 rings (SSSR count). The predicted molar refractivity (Wildman–Crippen MR) is 63.8 cm³/mol. The molecule has 1 aromatic rings. The van der Waals surface area contributed by atoms with Crippen molar-refractivity contribution in [3.8, 4) is 5.75 Å². The molecule has 2 N–H and O–H groups in total. The molecule has 98 valence electrons. The smallest absolute Gasteiger partial charge is 0.312 e. The lowest BCUT2D eigenvalue weighted by Gasteiger charge is -2.13. The highest BCUT2D eigenvalue weighted by atomic mass is 35.5. The first-order valence-corrected chi connectivity index (χ1v) is 5.82. The van der Waals surface area contributed by atoms with E-state index in [0.717, 1.165) is 0 Å². The second-order valence-electron chi connectivity index (χ2n) is 4.22.